The molecule has 1 aromatic carbocycles. The van der Waals surface area contributed by atoms with Crippen molar-refractivity contribution in [3.63, 3.8) is 0 Å². The van der Waals surface area contributed by atoms with Crippen molar-refractivity contribution in [2.75, 3.05) is 18.0 Å². The van der Waals surface area contributed by atoms with Crippen LogP contribution in [0, 0.1) is 11.3 Å². The number of anilines is 1. The first-order valence-corrected chi connectivity index (χ1v) is 9.51. The summed E-state index contributed by atoms with van der Waals surface area (Å²) in [5.74, 6) is 1.76. The van der Waals surface area contributed by atoms with Gasteiger partial charge in [-0.05, 0) is 31.9 Å². The van der Waals surface area contributed by atoms with Crippen LogP contribution < -0.4 is 4.90 Å². The number of carbonyl (C=O) groups excluding carboxylic acids is 1. The van der Waals surface area contributed by atoms with Gasteiger partial charge in [0, 0.05) is 18.5 Å². The molecular weight excluding hydrogens is 342 g/mol. The lowest BCUT2D eigenvalue weighted by Gasteiger charge is -2.39. The summed E-state index contributed by atoms with van der Waals surface area (Å²) < 4.78 is 5.45. The van der Waals surface area contributed by atoms with Crippen molar-refractivity contribution >= 4 is 11.6 Å². The summed E-state index contributed by atoms with van der Waals surface area (Å²) in [6, 6.07) is 9.52. The quantitative estimate of drug-likeness (QED) is 0.828. The van der Waals surface area contributed by atoms with E-state index in [1.807, 2.05) is 18.2 Å². The molecule has 140 valence electrons. The van der Waals surface area contributed by atoms with Crippen LogP contribution in [0.15, 0.2) is 28.8 Å². The molecule has 4 rings (SSSR count). The lowest BCUT2D eigenvalue weighted by atomic mass is 10.1. The van der Waals surface area contributed by atoms with E-state index >= 15 is 0 Å². The number of nitriles is 1. The zero-order valence-corrected chi connectivity index (χ0v) is 15.5. The second-order valence-electron chi connectivity index (χ2n) is 7.42. The maximum absolute atomic E-state index is 12.7. The maximum atomic E-state index is 12.7. The van der Waals surface area contributed by atoms with Crippen molar-refractivity contribution in [2.24, 2.45) is 0 Å². The third-order valence-corrected chi connectivity index (χ3v) is 5.56. The van der Waals surface area contributed by atoms with Gasteiger partial charge in [0.15, 0.2) is 5.82 Å². The van der Waals surface area contributed by atoms with Gasteiger partial charge in [-0.3, -0.25) is 9.69 Å². The summed E-state index contributed by atoms with van der Waals surface area (Å²) in [5.41, 5.74) is 1.20. The third-order valence-electron chi connectivity index (χ3n) is 5.56. The van der Waals surface area contributed by atoms with Crippen LogP contribution >= 0.6 is 0 Å². The average molecular weight is 365 g/mol. The predicted octanol–water partition coefficient (Wildman–Crippen LogP) is 2.84. The van der Waals surface area contributed by atoms with Crippen molar-refractivity contribution < 1.29 is 9.32 Å². The lowest BCUT2D eigenvalue weighted by Crippen LogP contribution is -2.55. The number of rotatable bonds is 4. The fourth-order valence-electron chi connectivity index (χ4n) is 4.00. The van der Waals surface area contributed by atoms with Gasteiger partial charge in [0.2, 0.25) is 11.8 Å². The summed E-state index contributed by atoms with van der Waals surface area (Å²) in [4.78, 5) is 21.1. The predicted molar refractivity (Wildman–Crippen MR) is 98.9 cm³/mol. The molecule has 1 aromatic heterocycles. The Kier molecular flexibility index (Phi) is 4.90. The molecule has 0 spiro atoms. The Bertz CT molecular complexity index is 865. The highest BCUT2D eigenvalue weighted by Crippen LogP contribution is 2.33. The molecule has 2 heterocycles. The molecule has 1 amide bonds. The van der Waals surface area contributed by atoms with Crippen LogP contribution in [0.1, 0.15) is 55.8 Å². The molecular formula is C20H23N5O2. The van der Waals surface area contributed by atoms with Gasteiger partial charge in [0.1, 0.15) is 6.07 Å². The molecule has 1 saturated heterocycles. The summed E-state index contributed by atoms with van der Waals surface area (Å²) in [6.07, 6.45) is 4.68. The van der Waals surface area contributed by atoms with Crippen molar-refractivity contribution in [2.45, 2.75) is 51.1 Å². The molecule has 0 N–H and O–H groups in total. The second kappa shape index (κ2) is 7.49. The van der Waals surface area contributed by atoms with Crippen molar-refractivity contribution in [3.8, 4) is 6.07 Å². The van der Waals surface area contributed by atoms with Crippen molar-refractivity contribution in [3.05, 3.63) is 41.5 Å². The van der Waals surface area contributed by atoms with Crippen LogP contribution in [0.25, 0.3) is 0 Å². The van der Waals surface area contributed by atoms with E-state index in [0.29, 0.717) is 36.1 Å². The Balaban J connectivity index is 1.45. The highest BCUT2D eigenvalue weighted by atomic mass is 16.5. The average Bonchev–Trinajstić information content (AvgIpc) is 3.36. The minimum Gasteiger partial charge on any atom is -0.339 e. The fraction of sp³-hybridized carbons (Fsp3) is 0.500. The summed E-state index contributed by atoms with van der Waals surface area (Å²) in [6.45, 7) is 3.38. The molecule has 2 aliphatic rings. The number of para-hydroxylation sites is 1. The number of benzene rings is 1. The molecule has 7 heteroatoms. The van der Waals surface area contributed by atoms with Crippen molar-refractivity contribution in [1.29, 1.82) is 5.26 Å². The molecule has 0 bridgehead atoms. The van der Waals surface area contributed by atoms with E-state index in [2.05, 4.69) is 28.0 Å². The Labute approximate surface area is 158 Å². The second-order valence-corrected chi connectivity index (χ2v) is 7.42. The van der Waals surface area contributed by atoms with Crippen LogP contribution in [-0.2, 0) is 11.3 Å². The highest BCUT2D eigenvalue weighted by Gasteiger charge is 2.32. The fourth-order valence-corrected chi connectivity index (χ4v) is 4.00. The Hall–Kier alpha value is -2.72. The van der Waals surface area contributed by atoms with Crippen LogP contribution in [-0.4, -0.2) is 40.1 Å². The molecule has 2 aromatic rings. The molecule has 1 aliphatic heterocycles. The zero-order valence-electron chi connectivity index (χ0n) is 15.5. The monoisotopic (exact) mass is 365 g/mol. The third kappa shape index (κ3) is 3.58. The van der Waals surface area contributed by atoms with Gasteiger partial charge in [0.05, 0.1) is 24.3 Å². The lowest BCUT2D eigenvalue weighted by molar-refractivity contribution is -0.122. The van der Waals surface area contributed by atoms with E-state index in [1.165, 1.54) is 12.8 Å². The van der Waals surface area contributed by atoms with Crippen LogP contribution in [0.4, 0.5) is 5.69 Å². The number of hydrogen-bond donors (Lipinski definition) is 0. The van der Waals surface area contributed by atoms with E-state index in [9.17, 15) is 10.1 Å². The zero-order chi connectivity index (χ0) is 18.8. The first kappa shape index (κ1) is 17.7. The smallest absolute Gasteiger partial charge is 0.241 e. The van der Waals surface area contributed by atoms with E-state index in [0.717, 1.165) is 18.7 Å². The summed E-state index contributed by atoms with van der Waals surface area (Å²) in [5, 5.41) is 13.4. The summed E-state index contributed by atoms with van der Waals surface area (Å²) in [7, 11) is 0. The van der Waals surface area contributed by atoms with E-state index < -0.39 is 0 Å². The standard InChI is InChI=1S/C20H23N5O2/c1-14-11-25(17-9-5-4-8-16(17)10-21)19(26)13-24(14)12-18-22-20(27-23-18)15-6-2-3-7-15/h4-5,8-9,14-15H,2-3,6-7,11-13H2,1H3/t14-/m1/s1. The largest absolute Gasteiger partial charge is 0.339 e. The number of hydrogen-bond acceptors (Lipinski definition) is 6. The van der Waals surface area contributed by atoms with Gasteiger partial charge in [0.25, 0.3) is 0 Å². The van der Waals surface area contributed by atoms with Gasteiger partial charge in [-0.2, -0.15) is 10.2 Å². The van der Waals surface area contributed by atoms with Crippen LogP contribution in [0.3, 0.4) is 0 Å². The SMILES string of the molecule is C[C@@H]1CN(c2ccccc2C#N)C(=O)CN1Cc1noc(C2CCCC2)n1. The minimum atomic E-state index is -0.0182. The number of piperazine rings is 1. The number of nitrogens with zero attached hydrogens (tertiary/aromatic N) is 5. The normalized spacial score (nSPS) is 21.6. The molecule has 2 fully saturated rings. The van der Waals surface area contributed by atoms with Crippen molar-refractivity contribution in [1.82, 2.24) is 15.0 Å². The van der Waals surface area contributed by atoms with Gasteiger partial charge in [-0.15, -0.1) is 0 Å². The molecule has 1 saturated carbocycles. The number of carbonyl (C=O) groups is 1. The molecule has 1 atom stereocenters. The topological polar surface area (TPSA) is 86.3 Å². The summed E-state index contributed by atoms with van der Waals surface area (Å²) >= 11 is 0. The van der Waals surface area contributed by atoms with E-state index in [-0.39, 0.29) is 18.5 Å². The molecule has 0 unspecified atom stereocenters. The van der Waals surface area contributed by atoms with Crippen LogP contribution in [0.5, 0.6) is 0 Å². The Morgan fingerprint density at radius 3 is 2.85 bits per heavy atom. The molecule has 7 nitrogen and oxygen atoms in total. The highest BCUT2D eigenvalue weighted by molar-refractivity contribution is 5.96. The van der Waals surface area contributed by atoms with E-state index in [4.69, 9.17) is 4.52 Å². The van der Waals surface area contributed by atoms with Gasteiger partial charge >= 0.3 is 0 Å². The molecule has 0 radical (unpaired) electrons. The minimum absolute atomic E-state index is 0.0182. The number of amides is 1. The van der Waals surface area contributed by atoms with Gasteiger partial charge in [-0.1, -0.05) is 30.1 Å². The Morgan fingerprint density at radius 1 is 1.30 bits per heavy atom. The van der Waals surface area contributed by atoms with Gasteiger partial charge < -0.3 is 9.42 Å². The first-order chi connectivity index (χ1) is 13.2. The van der Waals surface area contributed by atoms with E-state index in [1.54, 1.807) is 11.0 Å². The molecule has 27 heavy (non-hydrogen) atoms. The van der Waals surface area contributed by atoms with Crippen LogP contribution in [0.2, 0.25) is 0 Å². The Morgan fingerprint density at radius 2 is 2.07 bits per heavy atom. The first-order valence-electron chi connectivity index (χ1n) is 9.51. The molecule has 1 aliphatic carbocycles. The van der Waals surface area contributed by atoms with Gasteiger partial charge in [-0.25, -0.2) is 0 Å². The number of aromatic nitrogens is 2. The maximum Gasteiger partial charge on any atom is 0.241 e.